The lowest BCUT2D eigenvalue weighted by Gasteiger charge is -2.04. The molecule has 5 nitrogen and oxygen atoms in total. The zero-order valence-corrected chi connectivity index (χ0v) is 11.7. The smallest absolute Gasteiger partial charge is 0.158 e. The molecule has 0 saturated carbocycles. The van der Waals surface area contributed by atoms with Crippen molar-refractivity contribution in [2.24, 2.45) is 5.92 Å². The van der Waals surface area contributed by atoms with Gasteiger partial charge >= 0.3 is 0 Å². The first-order valence-electron chi connectivity index (χ1n) is 6.58. The predicted octanol–water partition coefficient (Wildman–Crippen LogP) is 2.40. The van der Waals surface area contributed by atoms with Gasteiger partial charge in [-0.1, -0.05) is 20.3 Å². The number of pyridine rings is 1. The fourth-order valence-electron chi connectivity index (χ4n) is 1.84. The van der Waals surface area contributed by atoms with Crippen molar-refractivity contribution in [3.8, 4) is 5.69 Å². The maximum absolute atomic E-state index is 5.19. The van der Waals surface area contributed by atoms with Crippen LogP contribution in [-0.4, -0.2) is 26.9 Å². The summed E-state index contributed by atoms with van der Waals surface area (Å²) in [4.78, 5) is 8.68. The van der Waals surface area contributed by atoms with Crippen molar-refractivity contribution in [1.29, 1.82) is 0 Å². The van der Waals surface area contributed by atoms with Gasteiger partial charge in [0.05, 0.1) is 11.9 Å². The summed E-state index contributed by atoms with van der Waals surface area (Å²) in [7, 11) is 1.66. The van der Waals surface area contributed by atoms with Crippen molar-refractivity contribution in [2.75, 3.05) is 7.11 Å². The molecule has 1 atom stereocenters. The van der Waals surface area contributed by atoms with E-state index in [9.17, 15) is 0 Å². The fourth-order valence-corrected chi connectivity index (χ4v) is 1.84. The Balaban J connectivity index is 2.30. The highest BCUT2D eigenvalue weighted by molar-refractivity contribution is 5.27. The second-order valence-corrected chi connectivity index (χ2v) is 4.72. The van der Waals surface area contributed by atoms with Gasteiger partial charge in [-0.05, 0) is 18.1 Å². The van der Waals surface area contributed by atoms with Crippen LogP contribution < -0.4 is 0 Å². The molecule has 0 spiro atoms. The van der Waals surface area contributed by atoms with Crippen molar-refractivity contribution in [3.05, 3.63) is 36.2 Å². The van der Waals surface area contributed by atoms with E-state index in [1.807, 2.05) is 16.8 Å². The SMILES string of the molecule is CCC(C)Cc1nc(COC)n(-c2cccnc2)n1. The van der Waals surface area contributed by atoms with Gasteiger partial charge in [-0.3, -0.25) is 4.98 Å². The summed E-state index contributed by atoms with van der Waals surface area (Å²) in [5.41, 5.74) is 0.914. The number of hydrogen-bond donors (Lipinski definition) is 0. The van der Waals surface area contributed by atoms with E-state index < -0.39 is 0 Å². The Morgan fingerprint density at radius 1 is 1.42 bits per heavy atom. The summed E-state index contributed by atoms with van der Waals surface area (Å²) < 4.78 is 7.00. The lowest BCUT2D eigenvalue weighted by Crippen LogP contribution is -2.04. The monoisotopic (exact) mass is 260 g/mol. The van der Waals surface area contributed by atoms with Crippen LogP contribution in [0.1, 0.15) is 31.9 Å². The second kappa shape index (κ2) is 6.43. The van der Waals surface area contributed by atoms with Crippen LogP contribution in [0.4, 0.5) is 0 Å². The largest absolute Gasteiger partial charge is 0.377 e. The third-order valence-electron chi connectivity index (χ3n) is 3.11. The third-order valence-corrected chi connectivity index (χ3v) is 3.11. The highest BCUT2D eigenvalue weighted by Crippen LogP contribution is 2.13. The predicted molar refractivity (Wildman–Crippen MR) is 73.0 cm³/mol. The van der Waals surface area contributed by atoms with Crippen molar-refractivity contribution >= 4 is 0 Å². The van der Waals surface area contributed by atoms with Gasteiger partial charge in [0.15, 0.2) is 11.6 Å². The first-order chi connectivity index (χ1) is 9.24. The van der Waals surface area contributed by atoms with Crippen LogP contribution in [0.2, 0.25) is 0 Å². The first-order valence-corrected chi connectivity index (χ1v) is 6.58. The van der Waals surface area contributed by atoms with Gasteiger partial charge in [-0.15, -0.1) is 0 Å². The zero-order chi connectivity index (χ0) is 13.7. The minimum atomic E-state index is 0.447. The highest BCUT2D eigenvalue weighted by atomic mass is 16.5. The van der Waals surface area contributed by atoms with Crippen molar-refractivity contribution in [2.45, 2.75) is 33.3 Å². The topological polar surface area (TPSA) is 52.8 Å². The molecule has 0 bridgehead atoms. The molecular weight excluding hydrogens is 240 g/mol. The van der Waals surface area contributed by atoms with Gasteiger partial charge in [0.1, 0.15) is 6.61 Å². The lowest BCUT2D eigenvalue weighted by atomic mass is 10.1. The molecule has 0 aliphatic heterocycles. The number of aromatic nitrogens is 4. The molecule has 0 aliphatic rings. The summed E-state index contributed by atoms with van der Waals surface area (Å²) in [6, 6.07) is 3.86. The van der Waals surface area contributed by atoms with E-state index in [2.05, 4.69) is 28.9 Å². The lowest BCUT2D eigenvalue weighted by molar-refractivity contribution is 0.176. The van der Waals surface area contributed by atoms with E-state index in [-0.39, 0.29) is 0 Å². The summed E-state index contributed by atoms with van der Waals surface area (Å²) in [5, 5.41) is 4.57. The molecule has 2 heterocycles. The molecule has 0 N–H and O–H groups in total. The molecule has 0 fully saturated rings. The second-order valence-electron chi connectivity index (χ2n) is 4.72. The van der Waals surface area contributed by atoms with E-state index in [1.54, 1.807) is 19.5 Å². The van der Waals surface area contributed by atoms with Gasteiger partial charge in [-0.2, -0.15) is 5.10 Å². The number of rotatable bonds is 6. The molecule has 0 saturated heterocycles. The molecule has 0 amide bonds. The molecule has 1 unspecified atom stereocenters. The van der Waals surface area contributed by atoms with Crippen molar-refractivity contribution in [1.82, 2.24) is 19.7 Å². The Morgan fingerprint density at radius 3 is 2.89 bits per heavy atom. The van der Waals surface area contributed by atoms with E-state index >= 15 is 0 Å². The van der Waals surface area contributed by atoms with E-state index in [0.717, 1.165) is 30.2 Å². The molecule has 2 aromatic rings. The summed E-state index contributed by atoms with van der Waals surface area (Å²) in [6.07, 6.45) is 5.54. The Hall–Kier alpha value is -1.75. The highest BCUT2D eigenvalue weighted by Gasteiger charge is 2.13. The third kappa shape index (κ3) is 3.38. The van der Waals surface area contributed by atoms with Crippen LogP contribution in [0.25, 0.3) is 5.69 Å². The van der Waals surface area contributed by atoms with Crippen LogP contribution in [-0.2, 0) is 17.8 Å². The zero-order valence-electron chi connectivity index (χ0n) is 11.7. The minimum Gasteiger partial charge on any atom is -0.377 e. The van der Waals surface area contributed by atoms with E-state index in [1.165, 1.54) is 0 Å². The van der Waals surface area contributed by atoms with Crippen LogP contribution in [0.3, 0.4) is 0 Å². The number of nitrogens with zero attached hydrogens (tertiary/aromatic N) is 4. The summed E-state index contributed by atoms with van der Waals surface area (Å²) >= 11 is 0. The minimum absolute atomic E-state index is 0.447. The Morgan fingerprint density at radius 2 is 2.26 bits per heavy atom. The Labute approximate surface area is 113 Å². The number of methoxy groups -OCH3 is 1. The fraction of sp³-hybridized carbons (Fsp3) is 0.500. The van der Waals surface area contributed by atoms with Crippen LogP contribution in [0.5, 0.6) is 0 Å². The molecule has 2 rings (SSSR count). The molecular formula is C14H20N4O. The standard InChI is InChI=1S/C14H20N4O/c1-4-11(2)8-13-16-14(10-19-3)18(17-13)12-6-5-7-15-9-12/h5-7,9,11H,4,8,10H2,1-3H3. The van der Waals surface area contributed by atoms with Gasteiger partial charge < -0.3 is 4.74 Å². The van der Waals surface area contributed by atoms with Gasteiger partial charge in [0, 0.05) is 19.7 Å². The van der Waals surface area contributed by atoms with Gasteiger partial charge in [0.2, 0.25) is 0 Å². The average molecular weight is 260 g/mol. The Bertz CT molecular complexity index is 509. The molecule has 19 heavy (non-hydrogen) atoms. The summed E-state index contributed by atoms with van der Waals surface area (Å²) in [6.45, 7) is 4.84. The number of ether oxygens (including phenoxy) is 1. The van der Waals surface area contributed by atoms with Crippen LogP contribution >= 0.6 is 0 Å². The normalized spacial score (nSPS) is 12.6. The molecule has 0 aliphatic carbocycles. The van der Waals surface area contributed by atoms with Crippen LogP contribution in [0, 0.1) is 5.92 Å². The van der Waals surface area contributed by atoms with E-state index in [4.69, 9.17) is 4.74 Å². The molecule has 2 aromatic heterocycles. The Kier molecular flexibility index (Phi) is 4.63. The molecule has 0 radical (unpaired) electrons. The maximum atomic E-state index is 5.19. The van der Waals surface area contributed by atoms with Gasteiger partial charge in [0.25, 0.3) is 0 Å². The van der Waals surface area contributed by atoms with Crippen molar-refractivity contribution in [3.63, 3.8) is 0 Å². The summed E-state index contributed by atoms with van der Waals surface area (Å²) in [5.74, 6) is 2.26. The molecule has 102 valence electrons. The first kappa shape index (κ1) is 13.7. The average Bonchev–Trinajstić information content (AvgIpc) is 2.83. The quantitative estimate of drug-likeness (QED) is 0.800. The van der Waals surface area contributed by atoms with Gasteiger partial charge in [-0.25, -0.2) is 9.67 Å². The van der Waals surface area contributed by atoms with Crippen LogP contribution in [0.15, 0.2) is 24.5 Å². The molecule has 0 aromatic carbocycles. The van der Waals surface area contributed by atoms with Crippen molar-refractivity contribution < 1.29 is 4.74 Å². The maximum Gasteiger partial charge on any atom is 0.158 e. The number of hydrogen-bond acceptors (Lipinski definition) is 4. The molecule has 5 heteroatoms. The van der Waals surface area contributed by atoms with E-state index in [0.29, 0.717) is 12.5 Å².